The number of aromatic nitrogens is 4. The second-order valence-electron chi connectivity index (χ2n) is 4.25. The summed E-state index contributed by atoms with van der Waals surface area (Å²) in [4.78, 5) is 19.6. The quantitative estimate of drug-likeness (QED) is 0.806. The van der Waals surface area contributed by atoms with E-state index >= 15 is 0 Å². The van der Waals surface area contributed by atoms with E-state index in [1.165, 1.54) is 11.3 Å². The molecule has 0 aromatic carbocycles. The molecule has 8 nitrogen and oxygen atoms in total. The SMILES string of the molecule is CCCS(=O)(=O)c1ncc(Cl)c(C(=O)Nc2nnc(C)s2)n1. The number of nitrogens with one attached hydrogen (secondary N) is 1. The van der Waals surface area contributed by atoms with Crippen LogP contribution in [0.3, 0.4) is 0 Å². The van der Waals surface area contributed by atoms with Gasteiger partial charge in [0.1, 0.15) is 5.01 Å². The number of sulfone groups is 1. The lowest BCUT2D eigenvalue weighted by Crippen LogP contribution is -2.18. The van der Waals surface area contributed by atoms with E-state index in [1.807, 2.05) is 0 Å². The first-order chi connectivity index (χ1) is 10.3. The molecule has 0 saturated carbocycles. The minimum atomic E-state index is -3.64. The van der Waals surface area contributed by atoms with Gasteiger partial charge in [-0.3, -0.25) is 10.1 Å². The Labute approximate surface area is 135 Å². The Balaban J connectivity index is 2.32. The summed E-state index contributed by atoms with van der Waals surface area (Å²) in [5.41, 5.74) is -0.223. The van der Waals surface area contributed by atoms with E-state index < -0.39 is 20.9 Å². The molecule has 1 amide bonds. The third kappa shape index (κ3) is 3.76. The van der Waals surface area contributed by atoms with Gasteiger partial charge in [-0.15, -0.1) is 10.2 Å². The molecule has 0 fully saturated rings. The van der Waals surface area contributed by atoms with E-state index in [0.717, 1.165) is 6.20 Å². The minimum Gasteiger partial charge on any atom is -0.295 e. The molecule has 2 rings (SSSR count). The van der Waals surface area contributed by atoms with Gasteiger partial charge in [0.25, 0.3) is 5.91 Å². The molecule has 22 heavy (non-hydrogen) atoms. The van der Waals surface area contributed by atoms with Gasteiger partial charge in [-0.2, -0.15) is 0 Å². The summed E-state index contributed by atoms with van der Waals surface area (Å²) < 4.78 is 23.9. The third-order valence-electron chi connectivity index (χ3n) is 2.43. The van der Waals surface area contributed by atoms with Crippen LogP contribution in [0, 0.1) is 6.92 Å². The zero-order chi connectivity index (χ0) is 16.3. The second-order valence-corrected chi connectivity index (χ2v) is 7.84. The van der Waals surface area contributed by atoms with Crippen molar-refractivity contribution < 1.29 is 13.2 Å². The first-order valence-electron chi connectivity index (χ1n) is 6.20. The summed E-state index contributed by atoms with van der Waals surface area (Å²) in [6.07, 6.45) is 1.51. The smallest absolute Gasteiger partial charge is 0.277 e. The molecule has 0 radical (unpaired) electrons. The van der Waals surface area contributed by atoms with Crippen LogP contribution in [-0.2, 0) is 9.84 Å². The number of rotatable bonds is 5. The number of hydrogen-bond acceptors (Lipinski definition) is 8. The second kappa shape index (κ2) is 6.63. The molecule has 2 aromatic rings. The molecular weight excluding hydrogens is 350 g/mol. The van der Waals surface area contributed by atoms with Crippen molar-refractivity contribution in [2.75, 3.05) is 11.1 Å². The number of anilines is 1. The summed E-state index contributed by atoms with van der Waals surface area (Å²) in [5, 5.41) is 10.5. The van der Waals surface area contributed by atoms with Gasteiger partial charge < -0.3 is 0 Å². The van der Waals surface area contributed by atoms with Crippen molar-refractivity contribution in [3.63, 3.8) is 0 Å². The Bertz CT molecular complexity index is 806. The molecule has 0 bridgehead atoms. The van der Waals surface area contributed by atoms with E-state index in [1.54, 1.807) is 13.8 Å². The number of carbonyl (C=O) groups excluding carboxylic acids is 1. The van der Waals surface area contributed by atoms with Gasteiger partial charge in [0.05, 0.1) is 17.0 Å². The summed E-state index contributed by atoms with van der Waals surface area (Å²) in [7, 11) is -3.64. The normalized spacial score (nSPS) is 11.4. The van der Waals surface area contributed by atoms with E-state index in [9.17, 15) is 13.2 Å². The van der Waals surface area contributed by atoms with Crippen LogP contribution in [0.15, 0.2) is 11.4 Å². The van der Waals surface area contributed by atoms with Crippen molar-refractivity contribution in [1.29, 1.82) is 0 Å². The van der Waals surface area contributed by atoms with Crippen LogP contribution >= 0.6 is 22.9 Å². The van der Waals surface area contributed by atoms with Crippen LogP contribution in [0.25, 0.3) is 0 Å². The molecule has 0 aliphatic carbocycles. The molecule has 1 N–H and O–H groups in total. The maximum absolute atomic E-state index is 12.1. The summed E-state index contributed by atoms with van der Waals surface area (Å²) in [6, 6.07) is 0. The molecule has 0 unspecified atom stereocenters. The highest BCUT2D eigenvalue weighted by atomic mass is 35.5. The molecule has 2 aromatic heterocycles. The maximum atomic E-state index is 12.1. The Morgan fingerprint density at radius 3 is 2.73 bits per heavy atom. The van der Waals surface area contributed by atoms with Crippen molar-refractivity contribution in [2.24, 2.45) is 0 Å². The topological polar surface area (TPSA) is 115 Å². The van der Waals surface area contributed by atoms with E-state index in [2.05, 4.69) is 25.5 Å². The molecule has 2 heterocycles. The van der Waals surface area contributed by atoms with Crippen molar-refractivity contribution >= 4 is 43.8 Å². The van der Waals surface area contributed by atoms with E-state index in [0.29, 0.717) is 11.4 Å². The van der Waals surface area contributed by atoms with E-state index in [-0.39, 0.29) is 21.6 Å². The van der Waals surface area contributed by atoms with Gasteiger partial charge in [0.2, 0.25) is 20.1 Å². The van der Waals surface area contributed by atoms with Gasteiger partial charge >= 0.3 is 0 Å². The maximum Gasteiger partial charge on any atom is 0.277 e. The van der Waals surface area contributed by atoms with Gasteiger partial charge in [-0.25, -0.2) is 18.4 Å². The Morgan fingerprint density at radius 1 is 1.41 bits per heavy atom. The third-order valence-corrected chi connectivity index (χ3v) is 5.16. The number of nitrogens with zero attached hydrogens (tertiary/aromatic N) is 4. The molecule has 0 saturated heterocycles. The fourth-order valence-corrected chi connectivity index (χ4v) is 3.45. The van der Waals surface area contributed by atoms with Gasteiger partial charge in [0, 0.05) is 0 Å². The fraction of sp³-hybridized carbons (Fsp3) is 0.364. The lowest BCUT2D eigenvalue weighted by atomic mass is 10.4. The van der Waals surface area contributed by atoms with E-state index in [4.69, 9.17) is 11.6 Å². The van der Waals surface area contributed by atoms with Crippen LogP contribution in [0.4, 0.5) is 5.13 Å². The predicted octanol–water partition coefficient (Wildman–Crippen LogP) is 1.73. The summed E-state index contributed by atoms with van der Waals surface area (Å²) in [5.74, 6) is -0.776. The average molecular weight is 362 g/mol. The van der Waals surface area contributed by atoms with Gasteiger partial charge in [-0.05, 0) is 13.3 Å². The standard InChI is InChI=1S/C11H12ClN5O3S2/c1-3-4-22(19,20)11-13-5-7(12)8(14-11)9(18)15-10-17-16-6(2)21-10/h5H,3-4H2,1-2H3,(H,15,17,18). The molecule has 0 aliphatic rings. The van der Waals surface area contributed by atoms with Crippen LogP contribution in [0.2, 0.25) is 5.02 Å². The number of amides is 1. The first kappa shape index (κ1) is 16.7. The zero-order valence-corrected chi connectivity index (χ0v) is 14.1. The lowest BCUT2D eigenvalue weighted by molar-refractivity contribution is 0.102. The van der Waals surface area contributed by atoms with Gasteiger partial charge in [-0.1, -0.05) is 29.9 Å². The Morgan fingerprint density at radius 2 is 2.14 bits per heavy atom. The lowest BCUT2D eigenvalue weighted by Gasteiger charge is -2.05. The number of carbonyl (C=O) groups is 1. The van der Waals surface area contributed by atoms with Crippen molar-refractivity contribution in [1.82, 2.24) is 20.2 Å². The highest BCUT2D eigenvalue weighted by molar-refractivity contribution is 7.91. The molecule has 0 atom stereocenters. The Hall–Kier alpha value is -1.65. The summed E-state index contributed by atoms with van der Waals surface area (Å²) >= 11 is 7.05. The molecule has 0 aliphatic heterocycles. The number of hydrogen-bond donors (Lipinski definition) is 1. The molecule has 11 heteroatoms. The van der Waals surface area contributed by atoms with Crippen LogP contribution < -0.4 is 5.32 Å². The van der Waals surface area contributed by atoms with Crippen molar-refractivity contribution in [3.05, 3.63) is 21.9 Å². The van der Waals surface area contributed by atoms with Crippen molar-refractivity contribution in [2.45, 2.75) is 25.4 Å². The molecular formula is C11H12ClN5O3S2. The first-order valence-corrected chi connectivity index (χ1v) is 9.05. The highest BCUT2D eigenvalue weighted by Gasteiger charge is 2.22. The Kier molecular flexibility index (Phi) is 5.04. The van der Waals surface area contributed by atoms with Crippen molar-refractivity contribution in [3.8, 4) is 0 Å². The van der Waals surface area contributed by atoms with Crippen LogP contribution in [-0.4, -0.2) is 40.2 Å². The zero-order valence-electron chi connectivity index (χ0n) is 11.7. The van der Waals surface area contributed by atoms with Crippen LogP contribution in [0.1, 0.15) is 28.8 Å². The van der Waals surface area contributed by atoms with Gasteiger partial charge in [0.15, 0.2) is 5.69 Å². The fourth-order valence-electron chi connectivity index (χ4n) is 1.52. The average Bonchev–Trinajstić information content (AvgIpc) is 2.84. The number of aryl methyl sites for hydroxylation is 1. The predicted molar refractivity (Wildman–Crippen MR) is 82.0 cm³/mol. The highest BCUT2D eigenvalue weighted by Crippen LogP contribution is 2.19. The largest absolute Gasteiger partial charge is 0.295 e. The van der Waals surface area contributed by atoms with Crippen LogP contribution in [0.5, 0.6) is 0 Å². The minimum absolute atomic E-state index is 0.0471. The molecule has 118 valence electrons. The number of halogens is 1. The summed E-state index contributed by atoms with van der Waals surface area (Å²) in [6.45, 7) is 3.46. The monoisotopic (exact) mass is 361 g/mol. The molecule has 0 spiro atoms.